The van der Waals surface area contributed by atoms with Crippen LogP contribution in [0.25, 0.3) is 0 Å². The van der Waals surface area contributed by atoms with Crippen molar-refractivity contribution in [2.24, 2.45) is 0 Å². The molecule has 0 bridgehead atoms. The van der Waals surface area contributed by atoms with Crippen LogP contribution in [0.3, 0.4) is 0 Å². The number of allylic oxidation sites excluding steroid dienone is 6. The van der Waals surface area contributed by atoms with Crippen LogP contribution in [-0.4, -0.2) is 73.4 Å². The number of phosphoric ester groups is 1. The highest BCUT2D eigenvalue weighted by molar-refractivity contribution is 7.47. The maximum absolute atomic E-state index is 13.1. The van der Waals surface area contributed by atoms with E-state index in [4.69, 9.17) is 9.05 Å². The lowest BCUT2D eigenvalue weighted by atomic mass is 10.0. The first kappa shape index (κ1) is 85.7. The molecule has 3 atom stereocenters. The second-order valence-corrected chi connectivity index (χ2v) is 29.5. The Morgan fingerprint density at radius 3 is 0.954 bits per heavy atom. The number of aliphatic hydroxyl groups excluding tert-OH is 1. The van der Waals surface area contributed by atoms with Gasteiger partial charge in [-0.1, -0.05) is 384 Å². The standard InChI is InChI=1S/C78H153N2O6P/c1-6-8-10-12-14-16-18-20-22-24-26-28-30-32-34-36-38-40-42-44-46-48-50-52-54-56-58-60-62-64-66-68-70-72-78(82)79-76(75-86-87(83,84)85-74-73-80(3,4)5)77(81)71-69-67-65-63-61-59-57-55-53-51-49-47-45-43-41-39-37-35-33-31-29-27-25-23-21-19-17-15-13-11-9-7-2/h18,20,24,26,30,32,76-77,81H,6-17,19,21-23,25,27-29,31,33-75H2,1-5H3,(H-,79,82,83,84)/p+1/b20-18-,26-24-,32-30-. The van der Waals surface area contributed by atoms with Gasteiger partial charge < -0.3 is 19.8 Å². The summed E-state index contributed by atoms with van der Waals surface area (Å²) in [5.41, 5.74) is 0. The van der Waals surface area contributed by atoms with Crippen molar-refractivity contribution in [1.29, 1.82) is 0 Å². The first-order valence-electron chi connectivity index (χ1n) is 38.9. The largest absolute Gasteiger partial charge is 0.472 e. The van der Waals surface area contributed by atoms with Gasteiger partial charge in [-0.15, -0.1) is 0 Å². The second kappa shape index (κ2) is 69.1. The predicted octanol–water partition coefficient (Wildman–Crippen LogP) is 25.2. The van der Waals surface area contributed by atoms with Crippen LogP contribution in [0, 0.1) is 0 Å². The van der Waals surface area contributed by atoms with E-state index >= 15 is 0 Å². The van der Waals surface area contributed by atoms with Crippen molar-refractivity contribution >= 4 is 13.7 Å². The molecule has 3 N–H and O–H groups in total. The van der Waals surface area contributed by atoms with E-state index in [9.17, 15) is 19.4 Å². The molecule has 8 nitrogen and oxygen atoms in total. The lowest BCUT2D eigenvalue weighted by molar-refractivity contribution is -0.870. The minimum Gasteiger partial charge on any atom is -0.391 e. The second-order valence-electron chi connectivity index (χ2n) is 28.1. The molecule has 0 aliphatic heterocycles. The van der Waals surface area contributed by atoms with Gasteiger partial charge >= 0.3 is 7.82 Å². The number of carbonyl (C=O) groups is 1. The van der Waals surface area contributed by atoms with Gasteiger partial charge in [0.2, 0.25) is 5.91 Å². The Labute approximate surface area is 544 Å². The zero-order chi connectivity index (χ0) is 63.4. The van der Waals surface area contributed by atoms with Crippen molar-refractivity contribution in [3.8, 4) is 0 Å². The summed E-state index contributed by atoms with van der Waals surface area (Å²) >= 11 is 0. The Kier molecular flexibility index (Phi) is 68.1. The number of unbranched alkanes of at least 4 members (excludes halogenated alkanes) is 54. The van der Waals surface area contributed by atoms with Crippen LogP contribution in [-0.2, 0) is 18.4 Å². The molecular weight excluding hydrogens is 1090 g/mol. The number of nitrogens with one attached hydrogen (secondary N) is 1. The molecule has 0 saturated carbocycles. The maximum atomic E-state index is 13.1. The van der Waals surface area contributed by atoms with Gasteiger partial charge in [0, 0.05) is 6.42 Å². The highest BCUT2D eigenvalue weighted by Crippen LogP contribution is 2.43. The van der Waals surface area contributed by atoms with Gasteiger partial charge in [-0.2, -0.15) is 0 Å². The first-order valence-corrected chi connectivity index (χ1v) is 40.3. The van der Waals surface area contributed by atoms with Crippen LogP contribution in [0.15, 0.2) is 36.5 Å². The normalized spacial score (nSPS) is 13.7. The number of rotatable bonds is 73. The van der Waals surface area contributed by atoms with Gasteiger partial charge in [-0.05, 0) is 51.4 Å². The highest BCUT2D eigenvalue weighted by atomic mass is 31.2. The van der Waals surface area contributed by atoms with Gasteiger partial charge in [-0.25, -0.2) is 4.57 Å². The van der Waals surface area contributed by atoms with E-state index < -0.39 is 20.0 Å². The van der Waals surface area contributed by atoms with Gasteiger partial charge in [0.25, 0.3) is 0 Å². The lowest BCUT2D eigenvalue weighted by Crippen LogP contribution is -2.46. The quantitative estimate of drug-likeness (QED) is 0.0243. The smallest absolute Gasteiger partial charge is 0.391 e. The number of aliphatic hydroxyl groups is 1. The van der Waals surface area contributed by atoms with Crippen molar-refractivity contribution in [2.45, 2.75) is 418 Å². The molecule has 9 heteroatoms. The third-order valence-corrected chi connectivity index (χ3v) is 19.1. The van der Waals surface area contributed by atoms with Crippen molar-refractivity contribution in [3.05, 3.63) is 36.5 Å². The average Bonchev–Trinajstić information content (AvgIpc) is 3.71. The Balaban J connectivity index is 3.95. The molecule has 0 fully saturated rings. The van der Waals surface area contributed by atoms with Crippen LogP contribution >= 0.6 is 7.82 Å². The third-order valence-electron chi connectivity index (χ3n) is 18.1. The molecule has 0 radical (unpaired) electrons. The SMILES string of the molecule is CCCCCCC/C=C\C/C=C\C/C=C\CCCCCCCCCCCCCCCCCCCCC(=O)NC(COP(=O)(O)OCC[N+](C)(C)C)C(O)CCCCCCCCCCCCCCCCCCCCCCCCCCCCCCCCCC. The molecular formula is C78H154N2O6P+. The molecule has 87 heavy (non-hydrogen) atoms. The van der Waals surface area contributed by atoms with E-state index in [-0.39, 0.29) is 19.1 Å². The Hall–Kier alpha value is -1.28. The summed E-state index contributed by atoms with van der Waals surface area (Å²) < 4.78 is 24.0. The maximum Gasteiger partial charge on any atom is 0.472 e. The summed E-state index contributed by atoms with van der Waals surface area (Å²) in [6.45, 7) is 4.94. The fourth-order valence-electron chi connectivity index (χ4n) is 12.1. The number of hydrogen-bond acceptors (Lipinski definition) is 5. The average molecular weight is 1250 g/mol. The van der Waals surface area contributed by atoms with Crippen LogP contribution in [0.2, 0.25) is 0 Å². The number of hydrogen-bond donors (Lipinski definition) is 3. The van der Waals surface area contributed by atoms with E-state index in [2.05, 4.69) is 55.6 Å². The molecule has 3 unspecified atom stereocenters. The summed E-state index contributed by atoms with van der Waals surface area (Å²) in [5.74, 6) is -0.136. The highest BCUT2D eigenvalue weighted by Gasteiger charge is 2.28. The van der Waals surface area contributed by atoms with E-state index in [0.717, 1.165) is 51.4 Å². The van der Waals surface area contributed by atoms with Gasteiger partial charge in [-0.3, -0.25) is 13.8 Å². The molecule has 516 valence electrons. The fraction of sp³-hybridized carbons (Fsp3) is 0.910. The Bertz CT molecular complexity index is 1510. The zero-order valence-corrected chi connectivity index (χ0v) is 60.2. The number of carbonyl (C=O) groups excluding carboxylic acids is 1. The van der Waals surface area contributed by atoms with Crippen LogP contribution in [0.1, 0.15) is 406 Å². The van der Waals surface area contributed by atoms with Crippen LogP contribution in [0.5, 0.6) is 0 Å². The summed E-state index contributed by atoms with van der Waals surface area (Å²) in [6, 6.07) is -0.762. The molecule has 0 rings (SSSR count). The van der Waals surface area contributed by atoms with Crippen LogP contribution < -0.4 is 5.32 Å². The molecule has 0 aliphatic rings. The number of amides is 1. The Morgan fingerprint density at radius 2 is 0.655 bits per heavy atom. The summed E-state index contributed by atoms with van der Waals surface area (Å²) in [6.07, 6.45) is 92.8. The molecule has 0 aliphatic carbocycles. The molecule has 0 saturated heterocycles. The minimum atomic E-state index is -4.33. The third kappa shape index (κ3) is 72.0. The predicted molar refractivity (Wildman–Crippen MR) is 383 cm³/mol. The van der Waals surface area contributed by atoms with Crippen molar-refractivity contribution in [3.63, 3.8) is 0 Å². The van der Waals surface area contributed by atoms with Crippen LogP contribution in [0.4, 0.5) is 0 Å². The monoisotopic (exact) mass is 1250 g/mol. The van der Waals surface area contributed by atoms with Gasteiger partial charge in [0.05, 0.1) is 39.9 Å². The topological polar surface area (TPSA) is 105 Å². The number of nitrogens with zero attached hydrogens (tertiary/aromatic N) is 1. The van der Waals surface area contributed by atoms with Crippen molar-refractivity contribution in [1.82, 2.24) is 5.32 Å². The van der Waals surface area contributed by atoms with Crippen molar-refractivity contribution in [2.75, 3.05) is 40.9 Å². The molecule has 0 aromatic carbocycles. The van der Waals surface area contributed by atoms with Gasteiger partial charge in [0.15, 0.2) is 0 Å². The summed E-state index contributed by atoms with van der Waals surface area (Å²) in [7, 11) is 1.64. The van der Waals surface area contributed by atoms with Gasteiger partial charge in [0.1, 0.15) is 13.2 Å². The molecule has 0 aromatic rings. The molecule has 0 spiro atoms. The van der Waals surface area contributed by atoms with E-state index in [1.54, 1.807) is 0 Å². The molecule has 0 heterocycles. The summed E-state index contributed by atoms with van der Waals surface area (Å²) in [4.78, 5) is 23.5. The van der Waals surface area contributed by atoms with E-state index in [0.29, 0.717) is 23.9 Å². The number of quaternary nitrogens is 1. The fourth-order valence-corrected chi connectivity index (χ4v) is 12.9. The lowest BCUT2D eigenvalue weighted by Gasteiger charge is -2.26. The molecule has 1 amide bonds. The van der Waals surface area contributed by atoms with E-state index in [1.807, 2.05) is 21.1 Å². The first-order chi connectivity index (χ1) is 42.5. The van der Waals surface area contributed by atoms with Crippen molar-refractivity contribution < 1.29 is 32.9 Å². The number of phosphoric acid groups is 1. The summed E-state index contributed by atoms with van der Waals surface area (Å²) in [5, 5.41) is 14.2. The zero-order valence-electron chi connectivity index (χ0n) is 59.3. The number of likely N-dealkylation sites (N-methyl/N-ethyl adjacent to an activating group) is 1. The van der Waals surface area contributed by atoms with E-state index in [1.165, 1.54) is 327 Å². The Morgan fingerprint density at radius 1 is 0.391 bits per heavy atom. The minimum absolute atomic E-state index is 0.0768. The molecule has 0 aromatic heterocycles.